The van der Waals surface area contributed by atoms with Crippen molar-refractivity contribution in [2.75, 3.05) is 13.1 Å². The second-order valence-corrected chi connectivity index (χ2v) is 6.12. The minimum absolute atomic E-state index is 0.0873. The molecule has 9 heteroatoms. The Morgan fingerprint density at radius 3 is 2.58 bits per heavy atom. The smallest absolute Gasteiger partial charge is 0.380 e. The average Bonchev–Trinajstić information content (AvgIpc) is 2.95. The number of piperidine rings is 1. The second-order valence-electron chi connectivity index (χ2n) is 6.12. The molecule has 1 N–H and O–H groups in total. The van der Waals surface area contributed by atoms with Crippen LogP contribution < -0.4 is 0 Å². The summed E-state index contributed by atoms with van der Waals surface area (Å²) in [6, 6.07) is 0. The van der Waals surface area contributed by atoms with Gasteiger partial charge in [-0.3, -0.25) is 4.79 Å². The number of alkyl halides is 3. The van der Waals surface area contributed by atoms with Gasteiger partial charge in [0.2, 0.25) is 11.8 Å². The molecule has 1 aliphatic heterocycles. The average molecular weight is 349 g/mol. The third-order valence-electron chi connectivity index (χ3n) is 4.24. The molecule has 0 radical (unpaired) electrons. The fraction of sp³-hybridized carbons (Fsp3) is 0.800. The number of halogens is 3. The van der Waals surface area contributed by atoms with Crippen molar-refractivity contribution < 1.29 is 27.6 Å². The summed E-state index contributed by atoms with van der Waals surface area (Å²) >= 11 is 0. The van der Waals surface area contributed by atoms with E-state index in [1.54, 1.807) is 0 Å². The van der Waals surface area contributed by atoms with Crippen molar-refractivity contribution in [3.8, 4) is 0 Å². The highest BCUT2D eigenvalue weighted by molar-refractivity contribution is 5.76. The van der Waals surface area contributed by atoms with Crippen molar-refractivity contribution in [1.82, 2.24) is 15.0 Å². The van der Waals surface area contributed by atoms with Crippen LogP contribution in [-0.2, 0) is 17.6 Å². The van der Waals surface area contributed by atoms with Crippen molar-refractivity contribution in [2.45, 2.75) is 63.6 Å². The number of amides is 1. The molecule has 0 aliphatic carbocycles. The molecular formula is C15H22F3N3O3. The number of aliphatic hydroxyl groups is 1. The number of hydrogen-bond acceptors (Lipinski definition) is 5. The maximum Gasteiger partial charge on any atom is 0.417 e. The van der Waals surface area contributed by atoms with E-state index in [1.165, 1.54) is 4.90 Å². The molecule has 0 saturated carbocycles. The fourth-order valence-electron chi connectivity index (χ4n) is 2.68. The lowest BCUT2D eigenvalue weighted by molar-refractivity contribution is -0.272. The summed E-state index contributed by atoms with van der Waals surface area (Å²) in [4.78, 5) is 17.6. The molecule has 0 bridgehead atoms. The topological polar surface area (TPSA) is 79.5 Å². The van der Waals surface area contributed by atoms with E-state index in [2.05, 4.69) is 10.1 Å². The van der Waals surface area contributed by atoms with Gasteiger partial charge in [0.15, 0.2) is 11.4 Å². The fourth-order valence-corrected chi connectivity index (χ4v) is 2.68. The van der Waals surface area contributed by atoms with Gasteiger partial charge in [-0.25, -0.2) is 0 Å². The number of likely N-dealkylation sites (tertiary alicyclic amines) is 1. The van der Waals surface area contributed by atoms with Gasteiger partial charge in [-0.15, -0.1) is 0 Å². The maximum atomic E-state index is 12.7. The normalized spacial score (nSPS) is 18.0. The monoisotopic (exact) mass is 349 g/mol. The van der Waals surface area contributed by atoms with Gasteiger partial charge in [-0.1, -0.05) is 12.1 Å². The van der Waals surface area contributed by atoms with Crippen molar-refractivity contribution in [1.29, 1.82) is 0 Å². The van der Waals surface area contributed by atoms with Crippen LogP contribution in [0.15, 0.2) is 4.52 Å². The van der Waals surface area contributed by atoms with Crippen LogP contribution in [0.3, 0.4) is 0 Å². The Hall–Kier alpha value is -1.64. The molecule has 0 atom stereocenters. The number of rotatable bonds is 6. The van der Waals surface area contributed by atoms with Crippen LogP contribution in [0.2, 0.25) is 0 Å². The Bertz CT molecular complexity index is 552. The Kier molecular flexibility index (Phi) is 5.84. The van der Waals surface area contributed by atoms with Gasteiger partial charge in [0.05, 0.1) is 0 Å². The zero-order valence-corrected chi connectivity index (χ0v) is 13.6. The summed E-state index contributed by atoms with van der Waals surface area (Å²) in [7, 11) is 0. The largest absolute Gasteiger partial charge is 0.417 e. The highest BCUT2D eigenvalue weighted by Crippen LogP contribution is 2.38. The molecule has 1 aromatic heterocycles. The minimum Gasteiger partial charge on any atom is -0.380 e. The highest BCUT2D eigenvalue weighted by atomic mass is 19.4. The van der Waals surface area contributed by atoms with E-state index in [1.807, 2.05) is 6.92 Å². The Balaban J connectivity index is 1.74. The maximum absolute atomic E-state index is 12.7. The molecule has 24 heavy (non-hydrogen) atoms. The lowest BCUT2D eigenvalue weighted by atomic mass is 9.90. The first-order chi connectivity index (χ1) is 11.2. The minimum atomic E-state index is -4.66. The van der Waals surface area contributed by atoms with Gasteiger partial charge in [-0.2, -0.15) is 18.2 Å². The van der Waals surface area contributed by atoms with Crippen LogP contribution in [0.4, 0.5) is 13.2 Å². The number of aryl methyl sites for hydroxylation is 2. The van der Waals surface area contributed by atoms with Gasteiger partial charge in [0.25, 0.3) is 0 Å². The predicted molar refractivity (Wildman–Crippen MR) is 78.0 cm³/mol. The SMILES string of the molecule is CCCc1noc(CCCC(=O)N2CCC(O)(C(F)(F)F)CC2)n1. The molecule has 1 aromatic rings. The molecule has 1 aliphatic rings. The zero-order chi connectivity index (χ0) is 17.8. The summed E-state index contributed by atoms with van der Waals surface area (Å²) in [5.74, 6) is 0.894. The van der Waals surface area contributed by atoms with E-state index in [0.717, 1.165) is 12.8 Å². The number of hydrogen-bond donors (Lipinski definition) is 1. The lowest BCUT2D eigenvalue weighted by Gasteiger charge is -2.39. The van der Waals surface area contributed by atoms with Crippen LogP contribution in [-0.4, -0.2) is 50.9 Å². The third-order valence-corrected chi connectivity index (χ3v) is 4.24. The van der Waals surface area contributed by atoms with E-state index in [-0.39, 0.29) is 25.4 Å². The van der Waals surface area contributed by atoms with E-state index in [0.29, 0.717) is 24.6 Å². The van der Waals surface area contributed by atoms with Gasteiger partial charge in [0.1, 0.15) is 0 Å². The molecular weight excluding hydrogens is 327 g/mol. The molecule has 0 spiro atoms. The summed E-state index contributed by atoms with van der Waals surface area (Å²) in [5.41, 5.74) is -2.68. The molecule has 2 rings (SSSR count). The lowest BCUT2D eigenvalue weighted by Crippen LogP contribution is -2.54. The standard InChI is InChI=1S/C15H22F3N3O3/c1-2-4-11-19-12(24-20-11)5-3-6-13(22)21-9-7-14(23,8-10-21)15(16,17)18/h23H,2-10H2,1H3. The third kappa shape index (κ3) is 4.46. The van der Waals surface area contributed by atoms with E-state index >= 15 is 0 Å². The van der Waals surface area contributed by atoms with E-state index < -0.39 is 24.6 Å². The van der Waals surface area contributed by atoms with Crippen molar-refractivity contribution in [2.24, 2.45) is 0 Å². The number of carbonyl (C=O) groups excluding carboxylic acids is 1. The molecule has 6 nitrogen and oxygen atoms in total. The van der Waals surface area contributed by atoms with Crippen LogP contribution in [0.5, 0.6) is 0 Å². The molecule has 1 amide bonds. The summed E-state index contributed by atoms with van der Waals surface area (Å²) in [6.45, 7) is 1.83. The van der Waals surface area contributed by atoms with Crippen molar-refractivity contribution in [3.63, 3.8) is 0 Å². The van der Waals surface area contributed by atoms with Crippen molar-refractivity contribution >= 4 is 5.91 Å². The molecule has 2 heterocycles. The van der Waals surface area contributed by atoms with Crippen LogP contribution in [0.1, 0.15) is 50.7 Å². The quantitative estimate of drug-likeness (QED) is 0.852. The molecule has 0 unspecified atom stereocenters. The van der Waals surface area contributed by atoms with Crippen LogP contribution >= 0.6 is 0 Å². The second kappa shape index (κ2) is 7.50. The first-order valence-corrected chi connectivity index (χ1v) is 8.13. The Labute approximate surface area is 138 Å². The van der Waals surface area contributed by atoms with E-state index in [9.17, 15) is 23.1 Å². The van der Waals surface area contributed by atoms with Gasteiger partial charge in [-0.05, 0) is 12.8 Å². The number of nitrogens with zero attached hydrogens (tertiary/aromatic N) is 3. The van der Waals surface area contributed by atoms with Crippen LogP contribution in [0.25, 0.3) is 0 Å². The van der Waals surface area contributed by atoms with Gasteiger partial charge >= 0.3 is 6.18 Å². The highest BCUT2D eigenvalue weighted by Gasteiger charge is 2.54. The molecule has 1 saturated heterocycles. The zero-order valence-electron chi connectivity index (χ0n) is 13.6. The number of carbonyl (C=O) groups is 1. The summed E-state index contributed by atoms with van der Waals surface area (Å²) < 4.78 is 43.2. The van der Waals surface area contributed by atoms with Crippen molar-refractivity contribution in [3.05, 3.63) is 11.7 Å². The molecule has 136 valence electrons. The summed E-state index contributed by atoms with van der Waals surface area (Å²) in [5, 5.41) is 13.4. The molecule has 1 fully saturated rings. The number of aromatic nitrogens is 2. The Morgan fingerprint density at radius 1 is 1.33 bits per heavy atom. The first-order valence-electron chi connectivity index (χ1n) is 8.13. The Morgan fingerprint density at radius 2 is 2.00 bits per heavy atom. The molecule has 0 aromatic carbocycles. The predicted octanol–water partition coefficient (Wildman–Crippen LogP) is 2.26. The van der Waals surface area contributed by atoms with Crippen LogP contribution in [0, 0.1) is 0 Å². The first kappa shape index (κ1) is 18.7. The van der Waals surface area contributed by atoms with Gasteiger partial charge < -0.3 is 14.5 Å². The van der Waals surface area contributed by atoms with E-state index in [4.69, 9.17) is 4.52 Å². The van der Waals surface area contributed by atoms with Gasteiger partial charge in [0, 0.05) is 45.2 Å². The summed E-state index contributed by atoms with van der Waals surface area (Å²) in [6.07, 6.45) is -2.81.